The largest absolute Gasteiger partial charge is 0.359 e. The molecule has 1 amide bonds. The maximum atomic E-state index is 12.6. The van der Waals surface area contributed by atoms with Crippen LogP contribution in [0.15, 0.2) is 40.9 Å². The van der Waals surface area contributed by atoms with Gasteiger partial charge in [-0.15, -0.1) is 0 Å². The molecule has 2 aromatic rings. The van der Waals surface area contributed by atoms with Crippen molar-refractivity contribution in [2.24, 2.45) is 5.41 Å². The van der Waals surface area contributed by atoms with Crippen molar-refractivity contribution in [3.05, 3.63) is 53.4 Å². The molecule has 0 atom stereocenters. The smallest absolute Gasteiger partial charge is 0.276 e. The van der Waals surface area contributed by atoms with E-state index in [1.54, 1.807) is 6.07 Å². The van der Waals surface area contributed by atoms with Gasteiger partial charge in [-0.1, -0.05) is 56.3 Å². The van der Waals surface area contributed by atoms with Gasteiger partial charge in [-0.05, 0) is 24.9 Å². The lowest BCUT2D eigenvalue weighted by Crippen LogP contribution is -2.37. The molecule has 0 aliphatic carbocycles. The van der Waals surface area contributed by atoms with Crippen molar-refractivity contribution in [1.82, 2.24) is 15.0 Å². The normalized spacial score (nSPS) is 11.8. The van der Waals surface area contributed by atoms with Crippen LogP contribution < -0.4 is 0 Å². The molecule has 5 nitrogen and oxygen atoms in total. The highest BCUT2D eigenvalue weighted by Gasteiger charge is 2.23. The Morgan fingerprint density at radius 3 is 2.44 bits per heavy atom. The zero-order chi connectivity index (χ0) is 18.4. The van der Waals surface area contributed by atoms with E-state index in [1.165, 1.54) is 5.56 Å². The molecular formula is C20H29N3O2. The Morgan fingerprint density at radius 1 is 1.16 bits per heavy atom. The number of amides is 1. The number of rotatable bonds is 7. The Labute approximate surface area is 150 Å². The Kier molecular flexibility index (Phi) is 6.37. The first kappa shape index (κ1) is 19.2. The average Bonchev–Trinajstić information content (AvgIpc) is 3.00. The third-order valence-electron chi connectivity index (χ3n) is 3.83. The van der Waals surface area contributed by atoms with Gasteiger partial charge in [0.15, 0.2) is 11.5 Å². The fraction of sp³-hybridized carbons (Fsp3) is 0.500. The number of aromatic nitrogens is 1. The summed E-state index contributed by atoms with van der Waals surface area (Å²) in [6.07, 6.45) is 0. The molecule has 0 N–H and O–H groups in total. The zero-order valence-corrected chi connectivity index (χ0v) is 16.0. The van der Waals surface area contributed by atoms with Gasteiger partial charge in [0.25, 0.3) is 5.91 Å². The molecule has 0 aliphatic heterocycles. The highest BCUT2D eigenvalue weighted by molar-refractivity contribution is 5.92. The van der Waals surface area contributed by atoms with Crippen molar-refractivity contribution in [2.75, 3.05) is 20.1 Å². The van der Waals surface area contributed by atoms with Gasteiger partial charge in [0, 0.05) is 25.7 Å². The summed E-state index contributed by atoms with van der Waals surface area (Å²) in [6.45, 7) is 11.1. The predicted molar refractivity (Wildman–Crippen MR) is 99.1 cm³/mol. The lowest BCUT2D eigenvalue weighted by atomic mass is 9.96. The number of hydrogen-bond donors (Lipinski definition) is 0. The summed E-state index contributed by atoms with van der Waals surface area (Å²) < 4.78 is 5.38. The third-order valence-corrected chi connectivity index (χ3v) is 3.83. The first-order valence-electron chi connectivity index (χ1n) is 8.76. The van der Waals surface area contributed by atoms with Gasteiger partial charge in [-0.2, -0.15) is 0 Å². The van der Waals surface area contributed by atoms with Gasteiger partial charge in [-0.25, -0.2) is 0 Å². The fourth-order valence-corrected chi connectivity index (χ4v) is 2.77. The number of nitrogens with zero attached hydrogens (tertiary/aromatic N) is 3. The molecule has 1 heterocycles. The Balaban J connectivity index is 1.97. The Bertz CT molecular complexity index is 674. The summed E-state index contributed by atoms with van der Waals surface area (Å²) in [4.78, 5) is 16.6. The second-order valence-corrected chi connectivity index (χ2v) is 7.72. The molecule has 25 heavy (non-hydrogen) atoms. The lowest BCUT2D eigenvalue weighted by Gasteiger charge is -2.28. The van der Waals surface area contributed by atoms with Crippen molar-refractivity contribution < 1.29 is 9.32 Å². The molecule has 0 saturated carbocycles. The molecule has 0 bridgehead atoms. The molecule has 0 fully saturated rings. The minimum atomic E-state index is -0.0712. The minimum Gasteiger partial charge on any atom is -0.359 e. The maximum Gasteiger partial charge on any atom is 0.276 e. The van der Waals surface area contributed by atoms with Crippen LogP contribution in [0.1, 0.15) is 49.5 Å². The van der Waals surface area contributed by atoms with Gasteiger partial charge in [0.1, 0.15) is 0 Å². The molecule has 1 aromatic carbocycles. The quantitative estimate of drug-likeness (QED) is 0.767. The molecule has 0 aliphatic rings. The predicted octanol–water partition coefficient (Wildman–Crippen LogP) is 3.81. The standard InChI is InChI=1S/C20H29N3O2/c1-6-23(15-20(2,3)4)19(24)18-12-17(25-21-18)14-22(5)13-16-10-8-7-9-11-16/h7-12H,6,13-15H2,1-5H3. The molecular weight excluding hydrogens is 314 g/mol. The summed E-state index contributed by atoms with van der Waals surface area (Å²) in [5.74, 6) is 0.631. The molecule has 1 aromatic heterocycles. The van der Waals surface area contributed by atoms with E-state index in [1.807, 2.05) is 37.1 Å². The van der Waals surface area contributed by atoms with E-state index in [2.05, 4.69) is 43.0 Å². The van der Waals surface area contributed by atoms with Crippen molar-refractivity contribution in [1.29, 1.82) is 0 Å². The van der Waals surface area contributed by atoms with E-state index < -0.39 is 0 Å². The van der Waals surface area contributed by atoms with Gasteiger partial charge >= 0.3 is 0 Å². The monoisotopic (exact) mass is 343 g/mol. The van der Waals surface area contributed by atoms with E-state index >= 15 is 0 Å². The van der Waals surface area contributed by atoms with E-state index in [0.29, 0.717) is 31.1 Å². The Morgan fingerprint density at radius 2 is 1.84 bits per heavy atom. The van der Waals surface area contributed by atoms with Crippen molar-refractivity contribution in [3.63, 3.8) is 0 Å². The summed E-state index contributed by atoms with van der Waals surface area (Å²) in [6, 6.07) is 12.0. The lowest BCUT2D eigenvalue weighted by molar-refractivity contribution is 0.0696. The first-order valence-corrected chi connectivity index (χ1v) is 8.76. The topological polar surface area (TPSA) is 49.6 Å². The summed E-state index contributed by atoms with van der Waals surface area (Å²) in [5, 5.41) is 3.98. The van der Waals surface area contributed by atoms with Crippen LogP contribution in [0.4, 0.5) is 0 Å². The van der Waals surface area contributed by atoms with Crippen LogP contribution in [-0.2, 0) is 13.1 Å². The second kappa shape index (κ2) is 8.30. The number of benzene rings is 1. The van der Waals surface area contributed by atoms with Crippen LogP contribution in [-0.4, -0.2) is 41.0 Å². The van der Waals surface area contributed by atoms with Crippen LogP contribution in [0.25, 0.3) is 0 Å². The van der Waals surface area contributed by atoms with Crippen LogP contribution >= 0.6 is 0 Å². The van der Waals surface area contributed by atoms with Gasteiger partial charge in [-0.3, -0.25) is 9.69 Å². The SMILES string of the molecule is CCN(CC(C)(C)C)C(=O)c1cc(CN(C)Cc2ccccc2)on1. The second-order valence-electron chi connectivity index (χ2n) is 7.72. The van der Waals surface area contributed by atoms with Crippen LogP contribution in [0.2, 0.25) is 0 Å². The molecule has 2 rings (SSSR count). The number of carbonyl (C=O) groups is 1. The van der Waals surface area contributed by atoms with E-state index in [-0.39, 0.29) is 11.3 Å². The van der Waals surface area contributed by atoms with E-state index in [9.17, 15) is 4.79 Å². The van der Waals surface area contributed by atoms with Crippen LogP contribution in [0, 0.1) is 5.41 Å². The molecule has 136 valence electrons. The highest BCUT2D eigenvalue weighted by Crippen LogP contribution is 2.17. The van der Waals surface area contributed by atoms with Crippen LogP contribution in [0.3, 0.4) is 0 Å². The molecule has 0 unspecified atom stereocenters. The zero-order valence-electron chi connectivity index (χ0n) is 16.0. The molecule has 5 heteroatoms. The van der Waals surface area contributed by atoms with Gasteiger partial charge in [0.05, 0.1) is 6.54 Å². The molecule has 0 radical (unpaired) electrons. The highest BCUT2D eigenvalue weighted by atomic mass is 16.5. The number of hydrogen-bond acceptors (Lipinski definition) is 4. The third kappa shape index (κ3) is 6.02. The van der Waals surface area contributed by atoms with Crippen molar-refractivity contribution >= 4 is 5.91 Å². The Hall–Kier alpha value is -2.14. The minimum absolute atomic E-state index is 0.0497. The summed E-state index contributed by atoms with van der Waals surface area (Å²) >= 11 is 0. The van der Waals surface area contributed by atoms with Gasteiger partial charge in [0.2, 0.25) is 0 Å². The van der Waals surface area contributed by atoms with Crippen LogP contribution in [0.5, 0.6) is 0 Å². The molecule has 0 spiro atoms. The van der Waals surface area contributed by atoms with Crippen molar-refractivity contribution in [2.45, 2.75) is 40.8 Å². The average molecular weight is 343 g/mol. The molecule has 0 saturated heterocycles. The first-order chi connectivity index (χ1) is 11.8. The van der Waals surface area contributed by atoms with E-state index in [0.717, 1.165) is 6.54 Å². The summed E-state index contributed by atoms with van der Waals surface area (Å²) in [5.41, 5.74) is 1.67. The van der Waals surface area contributed by atoms with E-state index in [4.69, 9.17) is 4.52 Å². The summed E-state index contributed by atoms with van der Waals surface area (Å²) in [7, 11) is 2.02. The van der Waals surface area contributed by atoms with Gasteiger partial charge < -0.3 is 9.42 Å². The maximum absolute atomic E-state index is 12.6. The fourth-order valence-electron chi connectivity index (χ4n) is 2.77. The number of carbonyl (C=O) groups excluding carboxylic acids is 1. The van der Waals surface area contributed by atoms with Crippen molar-refractivity contribution in [3.8, 4) is 0 Å².